The van der Waals surface area contributed by atoms with Crippen molar-refractivity contribution in [1.29, 1.82) is 0 Å². The number of aromatic nitrogens is 5. The lowest BCUT2D eigenvalue weighted by atomic mass is 10.0. The van der Waals surface area contributed by atoms with Crippen molar-refractivity contribution < 1.29 is 4.79 Å². The number of hydrogen-bond donors (Lipinski definition) is 0. The standard InChI is InChI=1S/C17H26N6O/c1-12-19-13(2)23(20-12)15-7-6-8-21(11-15)16(24)14-9-18-22(10-14)17(3,4)5/h9-10,15H,6-8,11H2,1-5H3. The topological polar surface area (TPSA) is 68.8 Å². The third kappa shape index (κ3) is 3.20. The number of piperidine rings is 1. The molecule has 1 fully saturated rings. The van der Waals surface area contributed by atoms with E-state index in [1.165, 1.54) is 0 Å². The molecule has 1 aliphatic heterocycles. The molecule has 24 heavy (non-hydrogen) atoms. The molecule has 0 aliphatic carbocycles. The highest BCUT2D eigenvalue weighted by molar-refractivity contribution is 5.93. The lowest BCUT2D eigenvalue weighted by Crippen LogP contribution is -2.41. The van der Waals surface area contributed by atoms with Gasteiger partial charge in [-0.15, -0.1) is 0 Å². The first-order valence-electron chi connectivity index (χ1n) is 8.50. The summed E-state index contributed by atoms with van der Waals surface area (Å²) in [5, 5.41) is 8.83. The molecule has 1 amide bonds. The summed E-state index contributed by atoms with van der Waals surface area (Å²) in [6, 6.07) is 0.196. The Labute approximate surface area is 142 Å². The Bertz CT molecular complexity index is 739. The number of aryl methyl sites for hydroxylation is 2. The average molecular weight is 330 g/mol. The molecule has 3 rings (SSSR count). The van der Waals surface area contributed by atoms with E-state index in [0.717, 1.165) is 31.0 Å². The second-order valence-electron chi connectivity index (χ2n) is 7.54. The Hall–Kier alpha value is -2.18. The second-order valence-corrected chi connectivity index (χ2v) is 7.54. The number of amides is 1. The summed E-state index contributed by atoms with van der Waals surface area (Å²) in [5.74, 6) is 1.74. The minimum Gasteiger partial charge on any atom is -0.336 e. The largest absolute Gasteiger partial charge is 0.336 e. The maximum Gasteiger partial charge on any atom is 0.257 e. The molecule has 1 saturated heterocycles. The number of carbonyl (C=O) groups is 1. The van der Waals surface area contributed by atoms with E-state index in [0.29, 0.717) is 12.1 Å². The number of likely N-dealkylation sites (tertiary alicyclic amines) is 1. The van der Waals surface area contributed by atoms with E-state index in [9.17, 15) is 4.79 Å². The minimum atomic E-state index is -0.127. The second kappa shape index (κ2) is 6.03. The molecular formula is C17H26N6O. The molecule has 2 aromatic heterocycles. The third-order valence-corrected chi connectivity index (χ3v) is 4.45. The Morgan fingerprint density at radius 1 is 1.29 bits per heavy atom. The van der Waals surface area contributed by atoms with Gasteiger partial charge < -0.3 is 4.90 Å². The first kappa shape index (κ1) is 16.7. The first-order chi connectivity index (χ1) is 11.3. The molecule has 3 heterocycles. The van der Waals surface area contributed by atoms with Gasteiger partial charge in [0.25, 0.3) is 5.91 Å². The zero-order valence-electron chi connectivity index (χ0n) is 15.2. The Morgan fingerprint density at radius 3 is 2.62 bits per heavy atom. The monoisotopic (exact) mass is 330 g/mol. The fourth-order valence-electron chi connectivity index (χ4n) is 3.20. The molecule has 0 saturated carbocycles. The molecule has 7 heteroatoms. The molecule has 1 atom stereocenters. The van der Waals surface area contributed by atoms with E-state index in [-0.39, 0.29) is 17.5 Å². The van der Waals surface area contributed by atoms with Crippen LogP contribution < -0.4 is 0 Å². The van der Waals surface area contributed by atoms with Crippen LogP contribution in [0.4, 0.5) is 0 Å². The maximum absolute atomic E-state index is 12.8. The quantitative estimate of drug-likeness (QED) is 0.847. The van der Waals surface area contributed by atoms with Gasteiger partial charge in [-0.25, -0.2) is 9.67 Å². The Kier molecular flexibility index (Phi) is 4.19. The Morgan fingerprint density at radius 2 is 2.04 bits per heavy atom. The van der Waals surface area contributed by atoms with Crippen LogP contribution in [0.2, 0.25) is 0 Å². The van der Waals surface area contributed by atoms with E-state index in [4.69, 9.17) is 0 Å². The molecule has 1 unspecified atom stereocenters. The summed E-state index contributed by atoms with van der Waals surface area (Å²) in [5.41, 5.74) is 0.523. The fraction of sp³-hybridized carbons (Fsp3) is 0.647. The highest BCUT2D eigenvalue weighted by atomic mass is 16.2. The van der Waals surface area contributed by atoms with Crippen molar-refractivity contribution in [2.24, 2.45) is 0 Å². The normalized spacial score (nSPS) is 18.9. The Balaban J connectivity index is 1.76. The van der Waals surface area contributed by atoms with E-state index in [2.05, 4.69) is 36.0 Å². The molecule has 0 N–H and O–H groups in total. The van der Waals surface area contributed by atoms with Crippen LogP contribution in [0.3, 0.4) is 0 Å². The van der Waals surface area contributed by atoms with Gasteiger partial charge in [-0.05, 0) is 47.5 Å². The molecular weight excluding hydrogens is 304 g/mol. The summed E-state index contributed by atoms with van der Waals surface area (Å²) in [6.07, 6.45) is 5.51. The van der Waals surface area contributed by atoms with Gasteiger partial charge in [-0.2, -0.15) is 10.2 Å². The van der Waals surface area contributed by atoms with Crippen molar-refractivity contribution in [3.8, 4) is 0 Å². The van der Waals surface area contributed by atoms with Crippen molar-refractivity contribution in [3.05, 3.63) is 29.6 Å². The summed E-state index contributed by atoms with van der Waals surface area (Å²) in [6.45, 7) is 11.5. The van der Waals surface area contributed by atoms with Crippen LogP contribution >= 0.6 is 0 Å². The van der Waals surface area contributed by atoms with E-state index < -0.39 is 0 Å². The van der Waals surface area contributed by atoms with Crippen molar-refractivity contribution in [2.75, 3.05) is 13.1 Å². The molecule has 0 radical (unpaired) electrons. The summed E-state index contributed by atoms with van der Waals surface area (Å²) in [7, 11) is 0. The number of carbonyl (C=O) groups excluding carboxylic acids is 1. The van der Waals surface area contributed by atoms with Crippen molar-refractivity contribution in [3.63, 3.8) is 0 Å². The van der Waals surface area contributed by atoms with Crippen LogP contribution in [0.1, 0.15) is 61.7 Å². The zero-order valence-corrected chi connectivity index (χ0v) is 15.2. The predicted octanol–water partition coefficient (Wildman–Crippen LogP) is 2.32. The van der Waals surface area contributed by atoms with E-state index in [1.807, 2.05) is 34.3 Å². The summed E-state index contributed by atoms with van der Waals surface area (Å²) >= 11 is 0. The summed E-state index contributed by atoms with van der Waals surface area (Å²) in [4.78, 5) is 19.1. The van der Waals surface area contributed by atoms with Gasteiger partial charge in [0.15, 0.2) is 0 Å². The maximum atomic E-state index is 12.8. The summed E-state index contributed by atoms with van der Waals surface area (Å²) < 4.78 is 3.81. The number of nitrogens with zero attached hydrogens (tertiary/aromatic N) is 6. The minimum absolute atomic E-state index is 0.0460. The van der Waals surface area contributed by atoms with Gasteiger partial charge in [-0.1, -0.05) is 0 Å². The van der Waals surface area contributed by atoms with Gasteiger partial charge in [-0.3, -0.25) is 9.48 Å². The lowest BCUT2D eigenvalue weighted by molar-refractivity contribution is 0.0671. The molecule has 1 aliphatic rings. The average Bonchev–Trinajstić information content (AvgIpc) is 3.13. The number of rotatable bonds is 2. The van der Waals surface area contributed by atoms with Gasteiger partial charge in [0.05, 0.1) is 23.3 Å². The molecule has 7 nitrogen and oxygen atoms in total. The van der Waals surface area contributed by atoms with Gasteiger partial charge in [0.1, 0.15) is 11.6 Å². The van der Waals surface area contributed by atoms with Crippen molar-refractivity contribution in [1.82, 2.24) is 29.4 Å². The van der Waals surface area contributed by atoms with Crippen LogP contribution in [0.25, 0.3) is 0 Å². The molecule has 0 spiro atoms. The SMILES string of the molecule is Cc1nc(C)n(C2CCCN(C(=O)c3cnn(C(C)(C)C)c3)C2)n1. The van der Waals surface area contributed by atoms with Crippen LogP contribution in [-0.2, 0) is 5.54 Å². The van der Waals surface area contributed by atoms with E-state index >= 15 is 0 Å². The molecule has 0 bridgehead atoms. The van der Waals surface area contributed by atoms with Crippen LogP contribution in [0.5, 0.6) is 0 Å². The third-order valence-electron chi connectivity index (χ3n) is 4.45. The van der Waals surface area contributed by atoms with Gasteiger partial charge in [0, 0.05) is 19.3 Å². The van der Waals surface area contributed by atoms with Crippen molar-refractivity contribution in [2.45, 2.75) is 59.0 Å². The lowest BCUT2D eigenvalue weighted by Gasteiger charge is -2.33. The highest BCUT2D eigenvalue weighted by Crippen LogP contribution is 2.24. The van der Waals surface area contributed by atoms with Crippen LogP contribution in [0.15, 0.2) is 12.4 Å². The zero-order chi connectivity index (χ0) is 17.5. The molecule has 130 valence electrons. The first-order valence-corrected chi connectivity index (χ1v) is 8.50. The smallest absolute Gasteiger partial charge is 0.257 e. The van der Waals surface area contributed by atoms with Gasteiger partial charge in [0.2, 0.25) is 0 Å². The molecule has 2 aromatic rings. The molecule has 0 aromatic carbocycles. The van der Waals surface area contributed by atoms with Crippen LogP contribution in [-0.4, -0.2) is 48.4 Å². The fourth-order valence-corrected chi connectivity index (χ4v) is 3.20. The number of hydrogen-bond acceptors (Lipinski definition) is 4. The highest BCUT2D eigenvalue weighted by Gasteiger charge is 2.28. The van der Waals surface area contributed by atoms with Gasteiger partial charge >= 0.3 is 0 Å². The van der Waals surface area contributed by atoms with E-state index in [1.54, 1.807) is 6.20 Å². The predicted molar refractivity (Wildman–Crippen MR) is 90.9 cm³/mol. The van der Waals surface area contributed by atoms with Crippen molar-refractivity contribution >= 4 is 5.91 Å². The van der Waals surface area contributed by atoms with Crippen LogP contribution in [0, 0.1) is 13.8 Å².